The number of hydrogen-bond acceptors (Lipinski definition) is 4. The third kappa shape index (κ3) is 5.55. The van der Waals surface area contributed by atoms with Gasteiger partial charge in [0.15, 0.2) is 17.5 Å². The Balaban J connectivity index is 1.14. The van der Waals surface area contributed by atoms with Crippen molar-refractivity contribution in [3.05, 3.63) is 206 Å². The van der Waals surface area contributed by atoms with Gasteiger partial charge in [-0.3, -0.25) is 0 Å². The van der Waals surface area contributed by atoms with E-state index < -0.39 is 18.1 Å². The molecular weight excluding hydrogens is 749 g/mol. The van der Waals surface area contributed by atoms with Crippen LogP contribution in [0.2, 0.25) is 0 Å². The minimum absolute atomic E-state index is 0.0114. The lowest BCUT2D eigenvalue weighted by Gasteiger charge is -2.16. The zero-order chi connectivity index (χ0) is 50.0. The highest BCUT2D eigenvalue weighted by Crippen LogP contribution is 2.42. The highest BCUT2D eigenvalue weighted by molar-refractivity contribution is 7.26. The first-order valence-corrected chi connectivity index (χ1v) is 20.0. The standard InChI is InChI=1S/C55H34N4S/c1-2-16-35(17-3-1)38-32-33-46(41-21-5-4-20-40(38)41)54-56-53(37-19-14-18-36(34-37)39-26-15-27-45-44-24-9-13-31-51(44)60-52(39)45)57-55(58-54)47-25-8-12-30-50(47)59-48-28-10-6-22-42(48)43-23-7-11-29-49(43)59/h1-34H/i6D,7D,9D,10D,15D,22D,23D,24D,27D,28D,29D,31D. The zero-order valence-electron chi connectivity index (χ0n) is 43.4. The number of rotatable bonds is 6. The fourth-order valence-corrected chi connectivity index (χ4v) is 9.25. The summed E-state index contributed by atoms with van der Waals surface area (Å²) in [5, 5.41) is 2.51. The molecule has 12 rings (SSSR count). The fourth-order valence-electron chi connectivity index (χ4n) is 8.13. The molecule has 0 amide bonds. The molecule has 0 spiro atoms. The summed E-state index contributed by atoms with van der Waals surface area (Å²) in [6.45, 7) is 0. The predicted octanol–water partition coefficient (Wildman–Crippen LogP) is 14.8. The summed E-state index contributed by atoms with van der Waals surface area (Å²) in [4.78, 5) is 15.5. The molecular formula is C55H34N4S. The maximum atomic E-state index is 9.22. The number of para-hydroxylation sites is 3. The molecule has 280 valence electrons. The highest BCUT2D eigenvalue weighted by Gasteiger charge is 2.21. The molecule has 0 bridgehead atoms. The summed E-state index contributed by atoms with van der Waals surface area (Å²) in [6.07, 6.45) is 0. The molecule has 5 heteroatoms. The molecule has 0 aliphatic heterocycles. The van der Waals surface area contributed by atoms with Crippen molar-refractivity contribution in [2.24, 2.45) is 0 Å². The van der Waals surface area contributed by atoms with Gasteiger partial charge in [0, 0.05) is 47.6 Å². The first-order chi connectivity index (χ1) is 34.7. The lowest BCUT2D eigenvalue weighted by molar-refractivity contribution is 1.07. The van der Waals surface area contributed by atoms with Crippen molar-refractivity contribution in [2.75, 3.05) is 0 Å². The van der Waals surface area contributed by atoms with Gasteiger partial charge in [0.2, 0.25) is 0 Å². The average Bonchev–Trinajstić information content (AvgIpc) is 3.99. The normalized spacial score (nSPS) is 14.5. The first-order valence-electron chi connectivity index (χ1n) is 25.2. The van der Waals surface area contributed by atoms with Gasteiger partial charge in [-0.05, 0) is 75.4 Å². The van der Waals surface area contributed by atoms with Crippen LogP contribution in [0.25, 0.3) is 115 Å². The molecule has 0 radical (unpaired) electrons. The second kappa shape index (κ2) is 14.0. The number of fused-ring (bicyclic) bond motifs is 7. The van der Waals surface area contributed by atoms with Crippen LogP contribution in [-0.2, 0) is 0 Å². The Kier molecular flexibility index (Phi) is 5.65. The third-order valence-corrected chi connectivity index (χ3v) is 12.0. The minimum Gasteiger partial charge on any atom is -0.309 e. The monoisotopic (exact) mass is 794 g/mol. The van der Waals surface area contributed by atoms with E-state index in [1.807, 2.05) is 78.9 Å². The smallest absolute Gasteiger partial charge is 0.166 e. The Bertz CT molecular complexity index is 4330. The third-order valence-electron chi connectivity index (χ3n) is 10.8. The van der Waals surface area contributed by atoms with Gasteiger partial charge in [-0.25, -0.2) is 15.0 Å². The van der Waals surface area contributed by atoms with Crippen molar-refractivity contribution >= 4 is 64.1 Å². The van der Waals surface area contributed by atoms with E-state index in [1.54, 1.807) is 34.9 Å². The Hall–Kier alpha value is -7.73. The van der Waals surface area contributed by atoms with Crippen molar-refractivity contribution in [3.8, 4) is 62.1 Å². The Labute approximate surface area is 367 Å². The van der Waals surface area contributed by atoms with Crippen LogP contribution in [0.5, 0.6) is 0 Å². The molecule has 12 aromatic rings. The van der Waals surface area contributed by atoms with Gasteiger partial charge in [-0.1, -0.05) is 164 Å². The lowest BCUT2D eigenvalue weighted by atomic mass is 9.94. The van der Waals surface area contributed by atoms with Crippen LogP contribution >= 0.6 is 11.3 Å². The quantitative estimate of drug-likeness (QED) is 0.168. The Morgan fingerprint density at radius 2 is 1.02 bits per heavy atom. The van der Waals surface area contributed by atoms with E-state index in [-0.39, 0.29) is 87.8 Å². The topological polar surface area (TPSA) is 43.6 Å². The van der Waals surface area contributed by atoms with Crippen LogP contribution in [0.15, 0.2) is 206 Å². The van der Waals surface area contributed by atoms with E-state index in [1.165, 1.54) is 23.5 Å². The molecule has 4 nitrogen and oxygen atoms in total. The number of hydrogen-bond donors (Lipinski definition) is 0. The van der Waals surface area contributed by atoms with E-state index >= 15 is 0 Å². The van der Waals surface area contributed by atoms with Gasteiger partial charge in [-0.2, -0.15) is 0 Å². The number of nitrogens with zero attached hydrogens (tertiary/aromatic N) is 4. The minimum atomic E-state index is -0.507. The van der Waals surface area contributed by atoms with Crippen molar-refractivity contribution in [1.29, 1.82) is 0 Å². The first kappa shape index (κ1) is 24.3. The van der Waals surface area contributed by atoms with Gasteiger partial charge >= 0.3 is 0 Å². The van der Waals surface area contributed by atoms with Crippen molar-refractivity contribution in [3.63, 3.8) is 0 Å². The summed E-state index contributed by atoms with van der Waals surface area (Å²) in [7, 11) is 0. The van der Waals surface area contributed by atoms with Gasteiger partial charge in [0.05, 0.1) is 33.2 Å². The molecule has 9 aromatic carbocycles. The van der Waals surface area contributed by atoms with Crippen molar-refractivity contribution < 1.29 is 16.4 Å². The van der Waals surface area contributed by atoms with Crippen LogP contribution in [0.3, 0.4) is 0 Å². The SMILES string of the molecule is [2H]c1cc([2H])c2sc3c(-c4cccc(-c5nc(-c6ccccc6-n6c7c([2H])cc([2H])c([2H])c7c7c([2H])c([2H])c([2H])c([2H])c76)nc(-c6ccc(-c7ccccc7)c7ccccc67)n5)c4)cc([2H])c([2H])c3c2c1[2H]. The summed E-state index contributed by atoms with van der Waals surface area (Å²) >= 11 is 1.24. The van der Waals surface area contributed by atoms with E-state index in [0.717, 1.165) is 21.9 Å². The molecule has 0 unspecified atom stereocenters. The molecule has 0 fully saturated rings. The summed E-state index contributed by atoms with van der Waals surface area (Å²) in [5.74, 6) is 0.727. The van der Waals surface area contributed by atoms with E-state index in [2.05, 4.69) is 12.1 Å². The molecule has 0 saturated carbocycles. The number of thiophene rings is 1. The molecule has 0 aliphatic rings. The van der Waals surface area contributed by atoms with Crippen molar-refractivity contribution in [2.45, 2.75) is 0 Å². The van der Waals surface area contributed by atoms with Gasteiger partial charge in [0.1, 0.15) is 0 Å². The molecule has 0 N–H and O–H groups in total. The highest BCUT2D eigenvalue weighted by atomic mass is 32.1. The summed E-state index contributed by atoms with van der Waals surface area (Å²) in [6, 6.07) is 37.8. The molecule has 0 atom stereocenters. The summed E-state index contributed by atoms with van der Waals surface area (Å²) < 4.78 is 109. The molecule has 60 heavy (non-hydrogen) atoms. The Morgan fingerprint density at radius 3 is 1.90 bits per heavy atom. The molecule has 0 aliphatic carbocycles. The number of aromatic nitrogens is 4. The van der Waals surface area contributed by atoms with Crippen LogP contribution in [0, 0.1) is 0 Å². The Morgan fingerprint density at radius 1 is 0.383 bits per heavy atom. The number of benzene rings is 9. The van der Waals surface area contributed by atoms with E-state index in [9.17, 15) is 2.74 Å². The van der Waals surface area contributed by atoms with Crippen LogP contribution in [0.4, 0.5) is 0 Å². The van der Waals surface area contributed by atoms with Gasteiger partial charge in [0.25, 0.3) is 0 Å². The van der Waals surface area contributed by atoms with Crippen LogP contribution in [-0.4, -0.2) is 19.5 Å². The maximum Gasteiger partial charge on any atom is 0.166 e. The second-order valence-electron chi connectivity index (χ2n) is 14.2. The van der Waals surface area contributed by atoms with Gasteiger partial charge < -0.3 is 4.57 Å². The fraction of sp³-hybridized carbons (Fsp3) is 0. The predicted molar refractivity (Wildman–Crippen MR) is 252 cm³/mol. The van der Waals surface area contributed by atoms with E-state index in [4.69, 9.17) is 28.7 Å². The average molecular weight is 795 g/mol. The second-order valence-corrected chi connectivity index (χ2v) is 15.2. The van der Waals surface area contributed by atoms with Crippen molar-refractivity contribution in [1.82, 2.24) is 19.5 Å². The van der Waals surface area contributed by atoms with E-state index in [0.29, 0.717) is 59.5 Å². The lowest BCUT2D eigenvalue weighted by Crippen LogP contribution is -2.04. The molecule has 3 heterocycles. The molecule has 0 saturated heterocycles. The maximum absolute atomic E-state index is 9.22. The zero-order valence-corrected chi connectivity index (χ0v) is 32.2. The summed E-state index contributed by atoms with van der Waals surface area (Å²) in [5.41, 5.74) is 5.38. The van der Waals surface area contributed by atoms with Gasteiger partial charge in [-0.15, -0.1) is 11.3 Å². The largest absolute Gasteiger partial charge is 0.309 e. The van der Waals surface area contributed by atoms with Crippen LogP contribution in [0.1, 0.15) is 16.4 Å². The van der Waals surface area contributed by atoms with Crippen LogP contribution < -0.4 is 0 Å². The molecule has 3 aromatic heterocycles.